The first-order valence-corrected chi connectivity index (χ1v) is 27.1. The normalized spacial score (nSPS) is 13.1. The fraction of sp³-hybridized carbons (Fsp3) is 0.623. The van der Waals surface area contributed by atoms with Crippen LogP contribution in [0.25, 0.3) is 0 Å². The summed E-state index contributed by atoms with van der Waals surface area (Å²) in [6, 6.07) is 0. The first-order chi connectivity index (χ1) is 33.0. The fourth-order valence-corrected chi connectivity index (χ4v) is 7.02. The summed E-state index contributed by atoms with van der Waals surface area (Å²) < 4.78 is 16.8. The lowest BCUT2D eigenvalue weighted by molar-refractivity contribution is -0.167. The van der Waals surface area contributed by atoms with Gasteiger partial charge in [-0.25, -0.2) is 0 Å². The minimum Gasteiger partial charge on any atom is -0.462 e. The number of ether oxygens (including phenoxy) is 3. The molecule has 0 aliphatic carbocycles. The molecule has 378 valence electrons. The van der Waals surface area contributed by atoms with Crippen molar-refractivity contribution in [2.75, 3.05) is 13.2 Å². The largest absolute Gasteiger partial charge is 0.462 e. The molecule has 6 heteroatoms. The summed E-state index contributed by atoms with van der Waals surface area (Å²) in [6.45, 7) is 6.31. The van der Waals surface area contributed by atoms with Gasteiger partial charge >= 0.3 is 17.9 Å². The monoisotopic (exact) mass is 927 g/mol. The SMILES string of the molecule is CC\C=C/C=C\C=C/CCCCCCCCCC(=O)OCC(COC(=O)CCCCCCC\C=C/C=C\C=C/CCCCCCC)OC(=O)CCCCC/C=C\C/C=C\C/C=C\C/C=C\CC. The van der Waals surface area contributed by atoms with Gasteiger partial charge < -0.3 is 14.2 Å². The lowest BCUT2D eigenvalue weighted by Crippen LogP contribution is -2.30. The molecule has 0 aliphatic rings. The van der Waals surface area contributed by atoms with Crippen molar-refractivity contribution in [3.63, 3.8) is 0 Å². The van der Waals surface area contributed by atoms with Gasteiger partial charge in [-0.15, -0.1) is 0 Å². The molecule has 0 bridgehead atoms. The van der Waals surface area contributed by atoms with Gasteiger partial charge in [-0.1, -0.05) is 226 Å². The van der Waals surface area contributed by atoms with Crippen molar-refractivity contribution in [2.45, 2.75) is 232 Å². The van der Waals surface area contributed by atoms with Gasteiger partial charge in [0.2, 0.25) is 0 Å². The highest BCUT2D eigenvalue weighted by molar-refractivity contribution is 5.71. The van der Waals surface area contributed by atoms with Crippen LogP contribution in [0.5, 0.6) is 0 Å². The first kappa shape index (κ1) is 62.8. The Kier molecular flexibility index (Phi) is 51.0. The highest BCUT2D eigenvalue weighted by Crippen LogP contribution is 2.13. The molecule has 0 N–H and O–H groups in total. The van der Waals surface area contributed by atoms with Gasteiger partial charge in [0.15, 0.2) is 6.10 Å². The van der Waals surface area contributed by atoms with E-state index >= 15 is 0 Å². The van der Waals surface area contributed by atoms with Crippen LogP contribution in [-0.2, 0) is 28.6 Å². The minimum atomic E-state index is -0.812. The van der Waals surface area contributed by atoms with Crippen molar-refractivity contribution in [3.8, 4) is 0 Å². The number of carbonyl (C=O) groups excluding carboxylic acids is 3. The van der Waals surface area contributed by atoms with E-state index in [2.05, 4.69) is 142 Å². The quantitative estimate of drug-likeness (QED) is 0.0199. The number of allylic oxidation sites excluding steroid dienone is 20. The van der Waals surface area contributed by atoms with E-state index in [1.165, 1.54) is 57.8 Å². The zero-order valence-corrected chi connectivity index (χ0v) is 43.1. The molecule has 0 aromatic rings. The summed E-state index contributed by atoms with van der Waals surface area (Å²) in [6.07, 6.45) is 74.6. The Bertz CT molecular complexity index is 1440. The molecule has 67 heavy (non-hydrogen) atoms. The predicted octanol–water partition coefficient (Wildman–Crippen LogP) is 18.1. The van der Waals surface area contributed by atoms with Crippen LogP contribution in [-0.4, -0.2) is 37.2 Å². The number of esters is 3. The van der Waals surface area contributed by atoms with Crippen molar-refractivity contribution in [1.29, 1.82) is 0 Å². The van der Waals surface area contributed by atoms with Crippen LogP contribution < -0.4 is 0 Å². The summed E-state index contributed by atoms with van der Waals surface area (Å²) in [7, 11) is 0. The molecule has 0 aromatic heterocycles. The minimum absolute atomic E-state index is 0.108. The molecule has 6 nitrogen and oxygen atoms in total. The van der Waals surface area contributed by atoms with Crippen LogP contribution in [0.2, 0.25) is 0 Å². The second-order valence-electron chi connectivity index (χ2n) is 17.5. The van der Waals surface area contributed by atoms with Gasteiger partial charge in [0.1, 0.15) is 13.2 Å². The summed E-state index contributed by atoms with van der Waals surface area (Å²) in [5.41, 5.74) is 0. The maximum atomic E-state index is 12.8. The number of hydrogen-bond acceptors (Lipinski definition) is 6. The molecule has 1 unspecified atom stereocenters. The zero-order valence-electron chi connectivity index (χ0n) is 43.1. The Balaban J connectivity index is 4.52. The van der Waals surface area contributed by atoms with Crippen molar-refractivity contribution in [3.05, 3.63) is 122 Å². The number of carbonyl (C=O) groups is 3. The summed E-state index contributed by atoms with van der Waals surface area (Å²) >= 11 is 0. The third-order valence-electron chi connectivity index (χ3n) is 11.1. The van der Waals surface area contributed by atoms with Gasteiger partial charge in [0.25, 0.3) is 0 Å². The number of rotatable bonds is 47. The molecule has 0 fully saturated rings. The third kappa shape index (κ3) is 52.6. The molecule has 0 aliphatic heterocycles. The van der Waals surface area contributed by atoms with Crippen LogP contribution >= 0.6 is 0 Å². The van der Waals surface area contributed by atoms with E-state index < -0.39 is 6.10 Å². The Hall–Kier alpha value is -4.19. The molecule has 0 saturated carbocycles. The van der Waals surface area contributed by atoms with Gasteiger partial charge in [0.05, 0.1) is 0 Å². The van der Waals surface area contributed by atoms with E-state index in [1.807, 2.05) is 0 Å². The number of unbranched alkanes of at least 4 members (excludes halogenated alkanes) is 20. The second kappa shape index (κ2) is 54.4. The van der Waals surface area contributed by atoms with Crippen LogP contribution in [0.4, 0.5) is 0 Å². The molecule has 0 saturated heterocycles. The van der Waals surface area contributed by atoms with Crippen molar-refractivity contribution < 1.29 is 28.6 Å². The molecule has 0 radical (unpaired) electrons. The van der Waals surface area contributed by atoms with E-state index in [4.69, 9.17) is 14.2 Å². The van der Waals surface area contributed by atoms with E-state index in [0.717, 1.165) is 128 Å². The summed E-state index contributed by atoms with van der Waals surface area (Å²) in [5.74, 6) is -0.975. The van der Waals surface area contributed by atoms with Crippen molar-refractivity contribution in [1.82, 2.24) is 0 Å². The Morgan fingerprint density at radius 2 is 0.657 bits per heavy atom. The molecular formula is C61H98O6. The first-order valence-electron chi connectivity index (χ1n) is 27.1. The van der Waals surface area contributed by atoms with E-state index in [0.29, 0.717) is 12.8 Å². The lowest BCUT2D eigenvalue weighted by Gasteiger charge is -2.18. The molecule has 0 amide bonds. The average molecular weight is 927 g/mol. The Labute approximate surface area is 412 Å². The van der Waals surface area contributed by atoms with E-state index in [9.17, 15) is 14.4 Å². The molecule has 1 atom stereocenters. The summed E-state index contributed by atoms with van der Waals surface area (Å²) in [5, 5.41) is 0. The van der Waals surface area contributed by atoms with Crippen LogP contribution in [0, 0.1) is 0 Å². The maximum absolute atomic E-state index is 12.8. The van der Waals surface area contributed by atoms with Crippen molar-refractivity contribution in [2.24, 2.45) is 0 Å². The molecular weight excluding hydrogens is 829 g/mol. The van der Waals surface area contributed by atoms with Crippen LogP contribution in [0.3, 0.4) is 0 Å². The molecule has 0 heterocycles. The van der Waals surface area contributed by atoms with Gasteiger partial charge in [-0.05, 0) is 103 Å². The topological polar surface area (TPSA) is 78.9 Å². The van der Waals surface area contributed by atoms with Gasteiger partial charge in [-0.2, -0.15) is 0 Å². The molecule has 0 rings (SSSR count). The maximum Gasteiger partial charge on any atom is 0.306 e. The van der Waals surface area contributed by atoms with Crippen LogP contribution in [0.15, 0.2) is 122 Å². The van der Waals surface area contributed by atoms with Crippen LogP contribution in [0.1, 0.15) is 226 Å². The van der Waals surface area contributed by atoms with E-state index in [1.54, 1.807) is 0 Å². The smallest absolute Gasteiger partial charge is 0.306 e. The third-order valence-corrected chi connectivity index (χ3v) is 11.1. The molecule has 0 aromatic carbocycles. The summed E-state index contributed by atoms with van der Waals surface area (Å²) in [4.78, 5) is 38.1. The van der Waals surface area contributed by atoms with Gasteiger partial charge in [-0.3, -0.25) is 14.4 Å². The number of hydrogen-bond donors (Lipinski definition) is 0. The van der Waals surface area contributed by atoms with Crippen molar-refractivity contribution >= 4 is 17.9 Å². The standard InChI is InChI=1S/C61H98O6/c1-4-7-10-13-16-19-22-25-28-30-31-34-36-39-42-45-48-51-54-60(63)66-57-58(56-65-59(62)53-50-47-44-41-38-35-32-27-24-21-18-15-12-9-6-3)67-61(64)55-52-49-46-43-40-37-33-29-26-23-20-17-14-11-8-5-2/h8-9,11-12,15,17-18,20-22,24-26,28-31,34,37,40,58H,4-7,10,13-14,16,19,23,27,32-33,35-36,38-39,41-57H2,1-3H3/b11-8-,12-9-,18-15-,20-17-,24-21-,25-22-,29-26-,30-28-,34-31-,40-37-. The average Bonchev–Trinajstić information content (AvgIpc) is 3.33. The zero-order chi connectivity index (χ0) is 48.6. The van der Waals surface area contributed by atoms with E-state index in [-0.39, 0.29) is 37.5 Å². The molecule has 0 spiro atoms. The fourth-order valence-electron chi connectivity index (χ4n) is 7.02. The van der Waals surface area contributed by atoms with Gasteiger partial charge in [0, 0.05) is 19.3 Å². The lowest BCUT2D eigenvalue weighted by atomic mass is 10.1. The second-order valence-corrected chi connectivity index (χ2v) is 17.5. The highest BCUT2D eigenvalue weighted by Gasteiger charge is 2.19. The predicted molar refractivity (Wildman–Crippen MR) is 288 cm³/mol. The Morgan fingerprint density at radius 3 is 1.09 bits per heavy atom. The highest BCUT2D eigenvalue weighted by atomic mass is 16.6. The Morgan fingerprint density at radius 1 is 0.328 bits per heavy atom.